The molecule has 0 saturated carbocycles. The number of methoxy groups -OCH3 is 1. The van der Waals surface area contributed by atoms with Gasteiger partial charge in [0.2, 0.25) is 0 Å². The number of aliphatic hydroxyl groups excluding tert-OH is 1. The number of aliphatic hydroxyl groups is 1. The first-order chi connectivity index (χ1) is 18.3. The molecule has 1 fully saturated rings. The first-order valence-corrected chi connectivity index (χ1v) is 12.1. The Labute approximate surface area is 218 Å². The van der Waals surface area contributed by atoms with Crippen molar-refractivity contribution in [2.24, 2.45) is 0 Å². The molecule has 1 atom stereocenters. The lowest BCUT2D eigenvalue weighted by Crippen LogP contribution is -2.29. The molecule has 4 rings (SSSR count). The molecule has 198 valence electrons. The van der Waals surface area contributed by atoms with Gasteiger partial charge in [-0.25, -0.2) is 8.78 Å². The van der Waals surface area contributed by atoms with E-state index in [0.29, 0.717) is 36.0 Å². The normalized spacial score (nSPS) is 16.6. The molecular formula is C29H27F2NO6. The van der Waals surface area contributed by atoms with Gasteiger partial charge in [-0.3, -0.25) is 14.5 Å². The van der Waals surface area contributed by atoms with Gasteiger partial charge in [0, 0.05) is 17.3 Å². The van der Waals surface area contributed by atoms with Gasteiger partial charge >= 0.3 is 0 Å². The lowest BCUT2D eigenvalue weighted by Gasteiger charge is -2.26. The number of Topliss-reactive ketones (excluding diaryl/α,β-unsaturated/α-hetero) is 1. The van der Waals surface area contributed by atoms with Crippen molar-refractivity contribution in [2.75, 3.05) is 25.2 Å². The number of ketones is 1. The van der Waals surface area contributed by atoms with Crippen LogP contribution in [0, 0.1) is 11.6 Å². The summed E-state index contributed by atoms with van der Waals surface area (Å²) in [7, 11) is 1.47. The summed E-state index contributed by atoms with van der Waals surface area (Å²) in [4.78, 5) is 27.6. The Bertz CT molecular complexity index is 1390. The van der Waals surface area contributed by atoms with Gasteiger partial charge in [-0.15, -0.1) is 0 Å². The number of rotatable bonds is 9. The van der Waals surface area contributed by atoms with E-state index in [-0.39, 0.29) is 16.8 Å². The molecule has 0 aliphatic carbocycles. The summed E-state index contributed by atoms with van der Waals surface area (Å²) in [6, 6.07) is 13.0. The largest absolute Gasteiger partial charge is 0.507 e. The van der Waals surface area contributed by atoms with E-state index in [4.69, 9.17) is 14.2 Å². The molecule has 1 unspecified atom stereocenters. The fourth-order valence-corrected chi connectivity index (χ4v) is 4.27. The van der Waals surface area contributed by atoms with Crippen molar-refractivity contribution in [3.63, 3.8) is 0 Å². The Morgan fingerprint density at radius 2 is 1.66 bits per heavy atom. The first-order valence-electron chi connectivity index (χ1n) is 12.1. The first kappa shape index (κ1) is 26.7. The van der Waals surface area contributed by atoms with Crippen molar-refractivity contribution >= 4 is 23.1 Å². The minimum atomic E-state index is -1.18. The molecule has 1 aliphatic rings. The maximum absolute atomic E-state index is 14.2. The van der Waals surface area contributed by atoms with Crippen LogP contribution in [-0.4, -0.2) is 37.1 Å². The molecule has 1 N–H and O–H groups in total. The minimum absolute atomic E-state index is 0.0489. The number of amides is 1. The second-order valence-electron chi connectivity index (χ2n) is 8.48. The minimum Gasteiger partial charge on any atom is -0.507 e. The van der Waals surface area contributed by atoms with Crippen molar-refractivity contribution < 1.29 is 37.7 Å². The van der Waals surface area contributed by atoms with Crippen molar-refractivity contribution in [3.05, 3.63) is 89.0 Å². The highest BCUT2D eigenvalue weighted by molar-refractivity contribution is 6.51. The lowest BCUT2D eigenvalue weighted by atomic mass is 9.94. The van der Waals surface area contributed by atoms with Crippen LogP contribution in [0.1, 0.15) is 37.4 Å². The Morgan fingerprint density at radius 3 is 2.29 bits per heavy atom. The highest BCUT2D eigenvalue weighted by atomic mass is 19.2. The third-order valence-corrected chi connectivity index (χ3v) is 6.03. The van der Waals surface area contributed by atoms with Gasteiger partial charge < -0.3 is 19.3 Å². The molecule has 3 aromatic rings. The van der Waals surface area contributed by atoms with E-state index < -0.39 is 35.1 Å². The van der Waals surface area contributed by atoms with Gasteiger partial charge in [-0.1, -0.05) is 13.0 Å². The van der Waals surface area contributed by atoms with Crippen LogP contribution >= 0.6 is 0 Å². The van der Waals surface area contributed by atoms with Crippen LogP contribution in [0.15, 0.2) is 66.2 Å². The number of nitrogens with zero attached hydrogens (tertiary/aromatic N) is 1. The molecule has 38 heavy (non-hydrogen) atoms. The van der Waals surface area contributed by atoms with E-state index in [1.807, 2.05) is 6.92 Å². The maximum atomic E-state index is 14.2. The highest BCUT2D eigenvalue weighted by Crippen LogP contribution is 2.44. The van der Waals surface area contributed by atoms with E-state index in [1.165, 1.54) is 13.2 Å². The summed E-state index contributed by atoms with van der Waals surface area (Å²) in [6.07, 6.45) is 0.820. The number of halogens is 2. The standard InChI is InChI=1S/C29H27F2NO6/c1-4-14-38-20-10-6-17(7-11-20)27(33)25-26(18-8-13-23(36-3)24(15-18)37-5-2)32(29(35)28(25)34)19-9-12-21(30)22(31)16-19/h6-13,15-16,26,33H,4-5,14H2,1-3H3/b27-25+. The number of benzene rings is 3. The Hall–Kier alpha value is -4.40. The fraction of sp³-hybridized carbons (Fsp3) is 0.241. The van der Waals surface area contributed by atoms with Crippen molar-refractivity contribution in [3.8, 4) is 17.2 Å². The van der Waals surface area contributed by atoms with Crippen LogP contribution in [0.5, 0.6) is 17.2 Å². The van der Waals surface area contributed by atoms with Crippen molar-refractivity contribution in [2.45, 2.75) is 26.3 Å². The molecule has 0 bridgehead atoms. The molecule has 0 radical (unpaired) electrons. The van der Waals surface area contributed by atoms with Crippen LogP contribution in [0.2, 0.25) is 0 Å². The second-order valence-corrected chi connectivity index (χ2v) is 8.48. The fourth-order valence-electron chi connectivity index (χ4n) is 4.27. The topological polar surface area (TPSA) is 85.3 Å². The maximum Gasteiger partial charge on any atom is 0.300 e. The third-order valence-electron chi connectivity index (χ3n) is 6.03. The predicted molar refractivity (Wildman–Crippen MR) is 138 cm³/mol. The Balaban J connectivity index is 1.90. The van der Waals surface area contributed by atoms with Gasteiger partial charge in [-0.05, 0) is 67.4 Å². The molecule has 3 aromatic carbocycles. The summed E-state index contributed by atoms with van der Waals surface area (Å²) < 4.78 is 44.5. The molecule has 1 saturated heterocycles. The monoisotopic (exact) mass is 523 g/mol. The van der Waals surface area contributed by atoms with Crippen LogP contribution < -0.4 is 19.1 Å². The van der Waals surface area contributed by atoms with E-state index in [9.17, 15) is 23.5 Å². The number of ether oxygens (including phenoxy) is 3. The van der Waals surface area contributed by atoms with Crippen molar-refractivity contribution in [1.82, 2.24) is 0 Å². The van der Waals surface area contributed by atoms with Crippen molar-refractivity contribution in [1.29, 1.82) is 0 Å². The molecule has 0 aromatic heterocycles. The molecule has 1 aliphatic heterocycles. The molecular weight excluding hydrogens is 496 g/mol. The predicted octanol–water partition coefficient (Wildman–Crippen LogP) is 5.79. The summed E-state index contributed by atoms with van der Waals surface area (Å²) in [5, 5.41) is 11.3. The van der Waals surface area contributed by atoms with E-state index >= 15 is 0 Å². The van der Waals surface area contributed by atoms with Crippen LogP contribution in [0.4, 0.5) is 14.5 Å². The number of carbonyl (C=O) groups is 2. The van der Waals surface area contributed by atoms with Gasteiger partial charge in [0.15, 0.2) is 23.1 Å². The third kappa shape index (κ3) is 5.04. The Morgan fingerprint density at radius 1 is 0.921 bits per heavy atom. The van der Waals surface area contributed by atoms with Gasteiger partial charge in [0.1, 0.15) is 11.5 Å². The zero-order valence-electron chi connectivity index (χ0n) is 21.2. The molecule has 0 spiro atoms. The highest BCUT2D eigenvalue weighted by Gasteiger charge is 2.47. The zero-order chi connectivity index (χ0) is 27.4. The second kappa shape index (κ2) is 11.3. The number of hydrogen-bond donors (Lipinski definition) is 1. The van der Waals surface area contributed by atoms with Gasteiger partial charge in [-0.2, -0.15) is 0 Å². The summed E-state index contributed by atoms with van der Waals surface area (Å²) in [5.41, 5.74) is 0.407. The average molecular weight is 524 g/mol. The van der Waals surface area contributed by atoms with Crippen LogP contribution in [-0.2, 0) is 9.59 Å². The van der Waals surface area contributed by atoms with E-state index in [2.05, 4.69) is 0 Å². The number of hydrogen-bond acceptors (Lipinski definition) is 6. The molecule has 1 heterocycles. The molecule has 7 nitrogen and oxygen atoms in total. The SMILES string of the molecule is CCCOc1ccc(/C(O)=C2\C(=O)C(=O)N(c3ccc(F)c(F)c3)C2c2ccc(OC)c(OCC)c2)cc1. The molecule has 9 heteroatoms. The lowest BCUT2D eigenvalue weighted by molar-refractivity contribution is -0.132. The summed E-state index contributed by atoms with van der Waals surface area (Å²) in [6.45, 7) is 4.59. The van der Waals surface area contributed by atoms with Crippen LogP contribution in [0.3, 0.4) is 0 Å². The zero-order valence-corrected chi connectivity index (χ0v) is 21.2. The Kier molecular flexibility index (Phi) is 7.95. The van der Waals surface area contributed by atoms with E-state index in [0.717, 1.165) is 23.5 Å². The van der Waals surface area contributed by atoms with Gasteiger partial charge in [0.05, 0.1) is 31.9 Å². The molecule has 1 amide bonds. The van der Waals surface area contributed by atoms with Gasteiger partial charge in [0.25, 0.3) is 11.7 Å². The average Bonchev–Trinajstić information content (AvgIpc) is 3.19. The van der Waals surface area contributed by atoms with E-state index in [1.54, 1.807) is 49.4 Å². The van der Waals surface area contributed by atoms with Crippen LogP contribution in [0.25, 0.3) is 5.76 Å². The smallest absolute Gasteiger partial charge is 0.300 e. The number of anilines is 1. The number of carbonyl (C=O) groups excluding carboxylic acids is 2. The summed E-state index contributed by atoms with van der Waals surface area (Å²) >= 11 is 0. The quantitative estimate of drug-likeness (QED) is 0.217. The summed E-state index contributed by atoms with van der Waals surface area (Å²) in [5.74, 6) is -3.33.